The summed E-state index contributed by atoms with van der Waals surface area (Å²) in [5.41, 5.74) is -2.94. The first kappa shape index (κ1) is 25.4. The van der Waals surface area contributed by atoms with Crippen LogP contribution in [-0.2, 0) is 6.18 Å². The summed E-state index contributed by atoms with van der Waals surface area (Å²) in [6, 6.07) is 10.6. The Morgan fingerprint density at radius 1 is 0.886 bits per heavy atom. The van der Waals surface area contributed by atoms with Crippen molar-refractivity contribution in [3.05, 3.63) is 83.2 Å². The molecule has 0 aliphatic rings. The molecule has 35 heavy (non-hydrogen) atoms. The maximum atomic E-state index is 13.8. The predicted molar refractivity (Wildman–Crippen MR) is 113 cm³/mol. The number of hydrogen-bond acceptors (Lipinski definition) is 4. The molecule has 0 saturated heterocycles. The van der Waals surface area contributed by atoms with Crippen molar-refractivity contribution in [3.63, 3.8) is 0 Å². The number of ether oxygens (including phenoxy) is 2. The molecule has 0 unspecified atom stereocenters. The van der Waals surface area contributed by atoms with Crippen molar-refractivity contribution in [2.24, 2.45) is 0 Å². The van der Waals surface area contributed by atoms with Gasteiger partial charge in [0.2, 0.25) is 0 Å². The van der Waals surface area contributed by atoms with Gasteiger partial charge in [0.05, 0.1) is 23.9 Å². The Balaban J connectivity index is 1.88. The van der Waals surface area contributed by atoms with E-state index >= 15 is 0 Å². The molecule has 0 aliphatic carbocycles. The molecule has 0 radical (unpaired) electrons. The van der Waals surface area contributed by atoms with Gasteiger partial charge in [-0.25, -0.2) is 4.39 Å². The summed E-state index contributed by atoms with van der Waals surface area (Å²) < 4.78 is 89.1. The maximum absolute atomic E-state index is 13.8. The Labute approximate surface area is 194 Å². The zero-order valence-corrected chi connectivity index (χ0v) is 17.8. The summed E-state index contributed by atoms with van der Waals surface area (Å²) in [4.78, 5) is 24.8. The molecule has 0 heterocycles. The Morgan fingerprint density at radius 3 is 2.23 bits per heavy atom. The monoisotopic (exact) mass is 498 g/mol. The Morgan fingerprint density at radius 2 is 1.60 bits per heavy atom. The fourth-order valence-electron chi connectivity index (χ4n) is 3.01. The molecule has 12 heteroatoms. The van der Waals surface area contributed by atoms with E-state index in [9.17, 15) is 35.9 Å². The van der Waals surface area contributed by atoms with E-state index in [1.54, 1.807) is 0 Å². The first-order valence-electron chi connectivity index (χ1n) is 9.71. The minimum absolute atomic E-state index is 0.118. The third-order valence-electron chi connectivity index (χ3n) is 4.59. The number of anilines is 2. The lowest BCUT2D eigenvalue weighted by Crippen LogP contribution is -2.18. The summed E-state index contributed by atoms with van der Waals surface area (Å²) in [6.07, 6.45) is -4.95. The van der Waals surface area contributed by atoms with Crippen LogP contribution in [0.5, 0.6) is 11.5 Å². The Kier molecular flexibility index (Phi) is 7.52. The Hall–Kier alpha value is -4.22. The van der Waals surface area contributed by atoms with E-state index in [-0.39, 0.29) is 22.6 Å². The molecular weight excluding hydrogens is 482 g/mol. The van der Waals surface area contributed by atoms with Crippen molar-refractivity contribution in [1.82, 2.24) is 0 Å². The highest BCUT2D eigenvalue weighted by Crippen LogP contribution is 2.37. The highest BCUT2D eigenvalue weighted by atomic mass is 19.4. The summed E-state index contributed by atoms with van der Waals surface area (Å²) in [5.74, 6) is -3.50. The molecule has 184 valence electrons. The highest BCUT2D eigenvalue weighted by Gasteiger charge is 2.34. The zero-order chi connectivity index (χ0) is 25.8. The van der Waals surface area contributed by atoms with Gasteiger partial charge in [0.25, 0.3) is 11.8 Å². The normalized spacial score (nSPS) is 11.2. The van der Waals surface area contributed by atoms with Crippen LogP contribution in [0.25, 0.3) is 0 Å². The number of benzene rings is 3. The van der Waals surface area contributed by atoms with Gasteiger partial charge in [-0.1, -0.05) is 12.1 Å². The third kappa shape index (κ3) is 6.22. The molecule has 0 saturated carbocycles. The van der Waals surface area contributed by atoms with Crippen LogP contribution in [-0.4, -0.2) is 25.5 Å². The standard InChI is InChI=1S/C23H16F6N2O4/c1-34-18-9-6-12(10-19(18)35-22(25)26)20(32)31-17-8-7-13(11-15(17)23(27,28)29)30-21(33)14-4-2-3-5-16(14)24/h2-11,22H,1H3,(H,30,33)(H,31,32). The van der Waals surface area contributed by atoms with Crippen LogP contribution >= 0.6 is 0 Å². The molecule has 0 spiro atoms. The third-order valence-corrected chi connectivity index (χ3v) is 4.59. The van der Waals surface area contributed by atoms with E-state index in [1.165, 1.54) is 19.2 Å². The largest absolute Gasteiger partial charge is 0.493 e. The molecule has 3 aromatic rings. The van der Waals surface area contributed by atoms with Crippen molar-refractivity contribution in [2.75, 3.05) is 17.7 Å². The number of carbonyl (C=O) groups excluding carboxylic acids is 2. The van der Waals surface area contributed by atoms with Gasteiger partial charge in [0.15, 0.2) is 11.5 Å². The number of rotatable bonds is 7. The van der Waals surface area contributed by atoms with Gasteiger partial charge < -0.3 is 20.1 Å². The summed E-state index contributed by atoms with van der Waals surface area (Å²) in [5, 5.41) is 4.23. The van der Waals surface area contributed by atoms with E-state index in [0.29, 0.717) is 6.07 Å². The van der Waals surface area contributed by atoms with E-state index < -0.39 is 47.4 Å². The molecule has 0 fully saturated rings. The van der Waals surface area contributed by atoms with Crippen LogP contribution in [0.2, 0.25) is 0 Å². The second-order valence-corrected chi connectivity index (χ2v) is 6.89. The van der Waals surface area contributed by atoms with Gasteiger partial charge in [0.1, 0.15) is 5.82 Å². The van der Waals surface area contributed by atoms with Crippen LogP contribution in [0.3, 0.4) is 0 Å². The highest BCUT2D eigenvalue weighted by molar-refractivity contribution is 6.06. The van der Waals surface area contributed by atoms with E-state index in [2.05, 4.69) is 15.4 Å². The molecule has 3 rings (SSSR count). The molecule has 0 aromatic heterocycles. The second-order valence-electron chi connectivity index (χ2n) is 6.89. The lowest BCUT2D eigenvalue weighted by Gasteiger charge is -2.16. The van der Waals surface area contributed by atoms with Crippen LogP contribution in [0.15, 0.2) is 60.7 Å². The van der Waals surface area contributed by atoms with Gasteiger partial charge in [-0.3, -0.25) is 9.59 Å². The minimum atomic E-state index is -4.95. The van der Waals surface area contributed by atoms with E-state index in [4.69, 9.17) is 4.74 Å². The lowest BCUT2D eigenvalue weighted by atomic mass is 10.1. The predicted octanol–water partition coefficient (Wildman–Crippen LogP) is 5.96. The van der Waals surface area contributed by atoms with Crippen molar-refractivity contribution in [1.29, 1.82) is 0 Å². The average molecular weight is 498 g/mol. The van der Waals surface area contributed by atoms with Gasteiger partial charge in [-0.2, -0.15) is 22.0 Å². The second kappa shape index (κ2) is 10.4. The number of amides is 2. The molecular formula is C23H16F6N2O4. The lowest BCUT2D eigenvalue weighted by molar-refractivity contribution is -0.136. The summed E-state index contributed by atoms with van der Waals surface area (Å²) in [7, 11) is 1.18. The maximum Gasteiger partial charge on any atom is 0.418 e. The summed E-state index contributed by atoms with van der Waals surface area (Å²) in [6.45, 7) is -3.23. The smallest absolute Gasteiger partial charge is 0.418 e. The molecule has 2 N–H and O–H groups in total. The molecule has 0 atom stereocenters. The topological polar surface area (TPSA) is 76.7 Å². The summed E-state index contributed by atoms with van der Waals surface area (Å²) >= 11 is 0. The quantitative estimate of drug-likeness (QED) is 0.394. The number of methoxy groups -OCH3 is 1. The van der Waals surface area contributed by atoms with Crippen molar-refractivity contribution in [2.45, 2.75) is 12.8 Å². The van der Waals surface area contributed by atoms with E-state index in [0.717, 1.165) is 42.5 Å². The van der Waals surface area contributed by atoms with Crippen LogP contribution < -0.4 is 20.1 Å². The fourth-order valence-corrected chi connectivity index (χ4v) is 3.01. The van der Waals surface area contributed by atoms with Gasteiger partial charge in [0, 0.05) is 11.3 Å². The van der Waals surface area contributed by atoms with Crippen LogP contribution in [0.1, 0.15) is 26.3 Å². The van der Waals surface area contributed by atoms with Crippen molar-refractivity contribution < 1.29 is 45.4 Å². The number of nitrogens with one attached hydrogen (secondary N) is 2. The van der Waals surface area contributed by atoms with Gasteiger partial charge in [-0.15, -0.1) is 0 Å². The SMILES string of the molecule is COc1ccc(C(=O)Nc2ccc(NC(=O)c3ccccc3F)cc2C(F)(F)F)cc1OC(F)F. The van der Waals surface area contributed by atoms with Crippen LogP contribution in [0.4, 0.5) is 37.7 Å². The number of halogens is 6. The van der Waals surface area contributed by atoms with E-state index in [1.807, 2.05) is 0 Å². The molecule has 3 aromatic carbocycles. The number of carbonyl (C=O) groups is 2. The molecule has 6 nitrogen and oxygen atoms in total. The Bertz CT molecular complexity index is 1250. The number of alkyl halides is 5. The van der Waals surface area contributed by atoms with Gasteiger partial charge in [-0.05, 0) is 48.5 Å². The molecule has 0 aliphatic heterocycles. The van der Waals surface area contributed by atoms with Gasteiger partial charge >= 0.3 is 12.8 Å². The minimum Gasteiger partial charge on any atom is -0.493 e. The van der Waals surface area contributed by atoms with Crippen molar-refractivity contribution >= 4 is 23.2 Å². The van der Waals surface area contributed by atoms with Crippen molar-refractivity contribution in [3.8, 4) is 11.5 Å². The fraction of sp³-hybridized carbons (Fsp3) is 0.130. The first-order chi connectivity index (χ1) is 16.5. The molecule has 2 amide bonds. The van der Waals surface area contributed by atoms with Crippen LogP contribution in [0, 0.1) is 5.82 Å². The first-order valence-corrected chi connectivity index (χ1v) is 9.71. The number of hydrogen-bond donors (Lipinski definition) is 2. The zero-order valence-electron chi connectivity index (χ0n) is 17.8. The molecule has 0 bridgehead atoms. The average Bonchev–Trinajstić information content (AvgIpc) is 2.79.